The van der Waals surface area contributed by atoms with Gasteiger partial charge < -0.3 is 10.6 Å². The first-order valence-electron chi connectivity index (χ1n) is 8.11. The minimum Gasteiger partial charge on any atom is -0.369 e. The Morgan fingerprint density at radius 2 is 1.85 bits per heavy atom. The summed E-state index contributed by atoms with van der Waals surface area (Å²) in [5.41, 5.74) is 10.0. The van der Waals surface area contributed by atoms with E-state index in [9.17, 15) is 10.1 Å². The molecule has 0 atom stereocenters. The quantitative estimate of drug-likeness (QED) is 0.260. The molecule has 0 aliphatic heterocycles. The van der Waals surface area contributed by atoms with Crippen molar-refractivity contribution in [3.63, 3.8) is 0 Å². The highest BCUT2D eigenvalue weighted by Crippen LogP contribution is 2.37. The summed E-state index contributed by atoms with van der Waals surface area (Å²) >= 11 is 0. The van der Waals surface area contributed by atoms with Crippen LogP contribution in [0.5, 0.6) is 0 Å². The number of aliphatic imine (C=N–C) groups is 1. The van der Waals surface area contributed by atoms with E-state index < -0.39 is 4.92 Å². The fourth-order valence-corrected chi connectivity index (χ4v) is 3.18. The normalized spacial score (nSPS) is 12.6. The van der Waals surface area contributed by atoms with Crippen molar-refractivity contribution >= 4 is 45.9 Å². The average molecular weight is 344 g/mol. The van der Waals surface area contributed by atoms with Crippen molar-refractivity contribution in [2.24, 2.45) is 10.7 Å². The maximum atomic E-state index is 10.7. The van der Waals surface area contributed by atoms with Crippen molar-refractivity contribution in [3.8, 4) is 0 Å². The number of nitro groups is 1. The molecule has 26 heavy (non-hydrogen) atoms. The third-order valence-electron chi connectivity index (χ3n) is 4.53. The maximum absolute atomic E-state index is 10.7. The highest BCUT2D eigenvalue weighted by atomic mass is 16.6. The number of hydrogen-bond donors (Lipinski definition) is 1. The van der Waals surface area contributed by atoms with Gasteiger partial charge in [-0.2, -0.15) is 0 Å². The SMILES string of the molecule is CN(C(N)=Nc1ccc([N+](=O)[O-])cc1)c1ccc2cccc3c2c1C=C3. The Hall–Kier alpha value is -3.67. The molecule has 0 spiro atoms. The summed E-state index contributed by atoms with van der Waals surface area (Å²) in [7, 11) is 1.86. The zero-order chi connectivity index (χ0) is 18.3. The van der Waals surface area contributed by atoms with E-state index in [0.717, 1.165) is 11.3 Å². The molecule has 0 aromatic heterocycles. The molecule has 0 fully saturated rings. The number of hydrogen-bond acceptors (Lipinski definition) is 3. The van der Waals surface area contributed by atoms with Gasteiger partial charge in [0, 0.05) is 24.7 Å². The van der Waals surface area contributed by atoms with E-state index in [0.29, 0.717) is 11.6 Å². The van der Waals surface area contributed by atoms with Crippen molar-refractivity contribution in [3.05, 3.63) is 75.8 Å². The number of guanidine groups is 1. The summed E-state index contributed by atoms with van der Waals surface area (Å²) in [4.78, 5) is 16.5. The highest BCUT2D eigenvalue weighted by Gasteiger charge is 2.17. The van der Waals surface area contributed by atoms with Crippen molar-refractivity contribution in [1.29, 1.82) is 0 Å². The van der Waals surface area contributed by atoms with E-state index in [1.165, 1.54) is 28.5 Å². The van der Waals surface area contributed by atoms with Crippen LogP contribution in [-0.4, -0.2) is 17.9 Å². The lowest BCUT2D eigenvalue weighted by molar-refractivity contribution is -0.384. The lowest BCUT2D eigenvalue weighted by Crippen LogP contribution is -2.34. The van der Waals surface area contributed by atoms with Crippen molar-refractivity contribution in [2.75, 3.05) is 11.9 Å². The number of anilines is 1. The molecule has 6 nitrogen and oxygen atoms in total. The Bertz CT molecular complexity index is 1080. The zero-order valence-corrected chi connectivity index (χ0v) is 14.1. The van der Waals surface area contributed by atoms with Gasteiger partial charge in [-0.1, -0.05) is 36.4 Å². The number of nitrogens with two attached hydrogens (primary N) is 1. The summed E-state index contributed by atoms with van der Waals surface area (Å²) < 4.78 is 0. The second kappa shape index (κ2) is 6.00. The molecule has 1 aliphatic carbocycles. The molecular weight excluding hydrogens is 328 g/mol. The second-order valence-corrected chi connectivity index (χ2v) is 6.08. The Kier molecular flexibility index (Phi) is 3.65. The summed E-state index contributed by atoms with van der Waals surface area (Å²) in [5.74, 6) is 0.312. The first kappa shape index (κ1) is 15.8. The van der Waals surface area contributed by atoms with Crippen LogP contribution in [0.2, 0.25) is 0 Å². The highest BCUT2D eigenvalue weighted by molar-refractivity contribution is 6.11. The number of rotatable bonds is 3. The van der Waals surface area contributed by atoms with Crippen molar-refractivity contribution in [1.82, 2.24) is 0 Å². The molecule has 4 rings (SSSR count). The number of nitrogens with zero attached hydrogens (tertiary/aromatic N) is 3. The van der Waals surface area contributed by atoms with E-state index in [2.05, 4.69) is 35.3 Å². The fourth-order valence-electron chi connectivity index (χ4n) is 3.18. The Morgan fingerprint density at radius 3 is 2.58 bits per heavy atom. The molecule has 2 N–H and O–H groups in total. The molecule has 0 amide bonds. The molecule has 0 saturated carbocycles. The van der Waals surface area contributed by atoms with Crippen LogP contribution in [0.25, 0.3) is 22.9 Å². The Labute approximate surface area is 150 Å². The maximum Gasteiger partial charge on any atom is 0.269 e. The predicted octanol–water partition coefficient (Wildman–Crippen LogP) is 4.31. The molecule has 0 saturated heterocycles. The van der Waals surface area contributed by atoms with Gasteiger partial charge in [-0.3, -0.25) is 10.1 Å². The smallest absolute Gasteiger partial charge is 0.269 e. The minimum absolute atomic E-state index is 0.0243. The molecule has 0 unspecified atom stereocenters. The zero-order valence-electron chi connectivity index (χ0n) is 14.1. The van der Waals surface area contributed by atoms with Crippen molar-refractivity contribution in [2.45, 2.75) is 0 Å². The largest absolute Gasteiger partial charge is 0.369 e. The molecule has 0 bridgehead atoms. The first-order chi connectivity index (χ1) is 12.5. The third-order valence-corrected chi connectivity index (χ3v) is 4.53. The van der Waals surface area contributed by atoms with Gasteiger partial charge in [-0.15, -0.1) is 0 Å². The van der Waals surface area contributed by atoms with Crippen LogP contribution in [0.4, 0.5) is 17.1 Å². The average Bonchev–Trinajstić information content (AvgIpc) is 3.08. The number of nitro benzene ring substituents is 1. The van der Waals surface area contributed by atoms with Gasteiger partial charge in [-0.05, 0) is 34.5 Å². The minimum atomic E-state index is -0.441. The summed E-state index contributed by atoms with van der Waals surface area (Å²) in [6.07, 6.45) is 4.18. The molecule has 1 aliphatic rings. The molecule has 0 heterocycles. The van der Waals surface area contributed by atoms with E-state index in [1.54, 1.807) is 12.1 Å². The van der Waals surface area contributed by atoms with E-state index in [-0.39, 0.29) is 5.69 Å². The van der Waals surface area contributed by atoms with E-state index in [1.807, 2.05) is 24.1 Å². The van der Waals surface area contributed by atoms with Crippen LogP contribution in [0, 0.1) is 10.1 Å². The van der Waals surface area contributed by atoms with Crippen molar-refractivity contribution < 1.29 is 4.92 Å². The Morgan fingerprint density at radius 1 is 1.08 bits per heavy atom. The second-order valence-electron chi connectivity index (χ2n) is 6.08. The topological polar surface area (TPSA) is 84.8 Å². The molecule has 3 aromatic rings. The Balaban J connectivity index is 1.70. The summed E-state index contributed by atoms with van der Waals surface area (Å²) in [6.45, 7) is 0. The molecular formula is C20H16N4O2. The monoisotopic (exact) mass is 344 g/mol. The van der Waals surface area contributed by atoms with Crippen LogP contribution in [0.3, 0.4) is 0 Å². The third kappa shape index (κ3) is 2.57. The van der Waals surface area contributed by atoms with Gasteiger partial charge >= 0.3 is 0 Å². The van der Waals surface area contributed by atoms with Gasteiger partial charge in [0.2, 0.25) is 5.96 Å². The van der Waals surface area contributed by atoms with Gasteiger partial charge in [0.1, 0.15) is 0 Å². The molecule has 128 valence electrons. The fraction of sp³-hybridized carbons (Fsp3) is 0.0500. The summed E-state index contributed by atoms with van der Waals surface area (Å²) in [6, 6.07) is 16.3. The predicted molar refractivity (Wildman–Crippen MR) is 106 cm³/mol. The van der Waals surface area contributed by atoms with Gasteiger partial charge in [-0.25, -0.2) is 4.99 Å². The van der Waals surface area contributed by atoms with Crippen LogP contribution < -0.4 is 10.6 Å². The molecule has 6 heteroatoms. The van der Waals surface area contributed by atoms with Gasteiger partial charge in [0.05, 0.1) is 16.3 Å². The van der Waals surface area contributed by atoms with Crippen LogP contribution in [0.1, 0.15) is 11.1 Å². The standard InChI is InChI=1S/C20H16N4O2/c1-23(20(21)22-15-7-9-16(10-8-15)24(25)26)18-12-6-14-4-2-3-13-5-11-17(18)19(13)14/h2-12H,1H3,(H2,21,22). The van der Waals surface area contributed by atoms with E-state index >= 15 is 0 Å². The molecule has 3 aromatic carbocycles. The molecule has 0 radical (unpaired) electrons. The van der Waals surface area contributed by atoms with E-state index in [4.69, 9.17) is 5.73 Å². The number of non-ortho nitro benzene ring substituents is 1. The van der Waals surface area contributed by atoms with Crippen LogP contribution in [-0.2, 0) is 0 Å². The summed E-state index contributed by atoms with van der Waals surface area (Å²) in [5, 5.41) is 13.1. The number of benzene rings is 3. The van der Waals surface area contributed by atoms with Crippen LogP contribution >= 0.6 is 0 Å². The van der Waals surface area contributed by atoms with Gasteiger partial charge in [0.25, 0.3) is 5.69 Å². The first-order valence-corrected chi connectivity index (χ1v) is 8.11. The van der Waals surface area contributed by atoms with Crippen LogP contribution in [0.15, 0.2) is 59.6 Å². The lowest BCUT2D eigenvalue weighted by Gasteiger charge is -2.21. The van der Waals surface area contributed by atoms with Gasteiger partial charge in [0.15, 0.2) is 0 Å². The lowest BCUT2D eigenvalue weighted by atomic mass is 10.0.